The Bertz CT molecular complexity index is 394. The molecule has 1 fully saturated rings. The van der Waals surface area contributed by atoms with E-state index >= 15 is 0 Å². The fraction of sp³-hybridized carbons (Fsp3) is 0.769. The third-order valence-corrected chi connectivity index (χ3v) is 2.69. The zero-order valence-electron chi connectivity index (χ0n) is 11.8. The van der Waals surface area contributed by atoms with Crippen LogP contribution in [0.4, 0.5) is 4.79 Å². The second kappa shape index (κ2) is 5.91. The van der Waals surface area contributed by atoms with Gasteiger partial charge in [-0.15, -0.1) is 0 Å². The highest BCUT2D eigenvalue weighted by molar-refractivity contribution is 5.83. The molecule has 6 heteroatoms. The zero-order chi connectivity index (χ0) is 14.6. The van der Waals surface area contributed by atoms with Crippen molar-refractivity contribution >= 4 is 12.1 Å². The van der Waals surface area contributed by atoms with Gasteiger partial charge in [0.15, 0.2) is 0 Å². The predicted octanol–water partition coefficient (Wildman–Crippen LogP) is 1.85. The average Bonchev–Trinajstić information content (AvgIpc) is 2.70. The Balaban J connectivity index is 2.84. The van der Waals surface area contributed by atoms with Gasteiger partial charge >= 0.3 is 12.1 Å². The lowest BCUT2D eigenvalue weighted by Crippen LogP contribution is -2.47. The Morgan fingerprint density at radius 3 is 2.53 bits per heavy atom. The molecule has 1 rings (SSSR count). The second-order valence-electron chi connectivity index (χ2n) is 5.36. The number of carbonyl (C=O) groups is 2. The van der Waals surface area contributed by atoms with E-state index in [1.165, 1.54) is 4.90 Å². The molecular formula is C13H20N2O4. The molecule has 1 aliphatic heterocycles. The van der Waals surface area contributed by atoms with Crippen LogP contribution >= 0.6 is 0 Å². The summed E-state index contributed by atoms with van der Waals surface area (Å²) in [5, 5.41) is 0. The molecule has 0 aliphatic carbocycles. The van der Waals surface area contributed by atoms with Crippen LogP contribution in [0.3, 0.4) is 0 Å². The maximum Gasteiger partial charge on any atom is 0.411 e. The summed E-state index contributed by atoms with van der Waals surface area (Å²) in [6.07, 6.45) is -0.108. The fourth-order valence-electron chi connectivity index (χ4n) is 1.95. The summed E-state index contributed by atoms with van der Waals surface area (Å²) >= 11 is 0. The molecule has 2 atom stereocenters. The van der Waals surface area contributed by atoms with E-state index in [0.717, 1.165) is 0 Å². The molecule has 1 heterocycles. The number of amides is 1. The Morgan fingerprint density at radius 1 is 1.42 bits per heavy atom. The van der Waals surface area contributed by atoms with Gasteiger partial charge in [0.25, 0.3) is 6.04 Å². The zero-order valence-corrected chi connectivity index (χ0v) is 11.8. The Kier molecular flexibility index (Phi) is 4.76. The highest BCUT2D eigenvalue weighted by atomic mass is 16.6. The Hall–Kier alpha value is -1.77. The van der Waals surface area contributed by atoms with Crippen LogP contribution in [-0.4, -0.2) is 47.8 Å². The van der Waals surface area contributed by atoms with Gasteiger partial charge in [-0.05, 0) is 27.7 Å². The predicted molar refractivity (Wildman–Crippen MR) is 68.4 cm³/mol. The molecule has 19 heavy (non-hydrogen) atoms. The first-order valence-electron chi connectivity index (χ1n) is 6.33. The number of hydrogen-bond acceptors (Lipinski definition) is 4. The van der Waals surface area contributed by atoms with Crippen molar-refractivity contribution in [1.29, 1.82) is 0 Å². The van der Waals surface area contributed by atoms with E-state index < -0.39 is 29.7 Å². The number of carbonyl (C=O) groups excluding carboxylic acids is 2. The van der Waals surface area contributed by atoms with Gasteiger partial charge in [-0.3, -0.25) is 4.90 Å². The van der Waals surface area contributed by atoms with Crippen molar-refractivity contribution in [2.24, 2.45) is 0 Å². The van der Waals surface area contributed by atoms with Gasteiger partial charge in [0.05, 0.1) is 6.61 Å². The minimum Gasteiger partial charge on any atom is -0.464 e. The summed E-state index contributed by atoms with van der Waals surface area (Å²) < 4.78 is 10.2. The first-order chi connectivity index (χ1) is 8.80. The average molecular weight is 268 g/mol. The van der Waals surface area contributed by atoms with Gasteiger partial charge in [0, 0.05) is 13.0 Å². The molecule has 0 aromatic rings. The summed E-state index contributed by atoms with van der Waals surface area (Å²) in [6, 6.07) is -1.40. The van der Waals surface area contributed by atoms with Crippen LogP contribution in [0.15, 0.2) is 0 Å². The first kappa shape index (κ1) is 15.3. The number of hydrogen-bond donors (Lipinski definition) is 0. The van der Waals surface area contributed by atoms with E-state index in [1.54, 1.807) is 27.7 Å². The molecule has 0 bridgehead atoms. The van der Waals surface area contributed by atoms with Gasteiger partial charge < -0.3 is 14.3 Å². The highest BCUT2D eigenvalue weighted by Gasteiger charge is 2.48. The van der Waals surface area contributed by atoms with E-state index in [1.807, 2.05) is 0 Å². The van der Waals surface area contributed by atoms with Crippen LogP contribution in [0.2, 0.25) is 0 Å². The molecule has 1 saturated heterocycles. The SMILES string of the molecule is [C-]#[N+][C@@H]1CCN(C(=O)OC(C)(C)C)[C@H]1C(=O)OCC. The largest absolute Gasteiger partial charge is 0.464 e. The van der Waals surface area contributed by atoms with Crippen molar-refractivity contribution < 1.29 is 19.1 Å². The lowest BCUT2D eigenvalue weighted by molar-refractivity contribution is -0.148. The van der Waals surface area contributed by atoms with Crippen molar-refractivity contribution in [3.8, 4) is 0 Å². The van der Waals surface area contributed by atoms with E-state index in [4.69, 9.17) is 16.0 Å². The Labute approximate surface area is 113 Å². The van der Waals surface area contributed by atoms with Gasteiger partial charge in [-0.1, -0.05) is 0 Å². The summed E-state index contributed by atoms with van der Waals surface area (Å²) in [4.78, 5) is 28.6. The van der Waals surface area contributed by atoms with Crippen molar-refractivity contribution in [2.45, 2.75) is 51.8 Å². The van der Waals surface area contributed by atoms with Crippen molar-refractivity contribution in [1.82, 2.24) is 4.90 Å². The maximum absolute atomic E-state index is 12.0. The second-order valence-corrected chi connectivity index (χ2v) is 5.36. The number of nitrogens with zero attached hydrogens (tertiary/aromatic N) is 2. The number of likely N-dealkylation sites (tertiary alicyclic amines) is 1. The van der Waals surface area contributed by atoms with Crippen LogP contribution in [0.5, 0.6) is 0 Å². The normalized spacial score (nSPS) is 22.8. The van der Waals surface area contributed by atoms with Crippen LogP contribution in [0, 0.1) is 6.57 Å². The Morgan fingerprint density at radius 2 is 2.05 bits per heavy atom. The van der Waals surface area contributed by atoms with Crippen molar-refractivity contribution in [2.75, 3.05) is 13.2 Å². The lowest BCUT2D eigenvalue weighted by atomic mass is 10.1. The van der Waals surface area contributed by atoms with E-state index in [0.29, 0.717) is 13.0 Å². The third-order valence-electron chi connectivity index (χ3n) is 2.69. The summed E-state index contributed by atoms with van der Waals surface area (Å²) in [5.41, 5.74) is -0.632. The fourth-order valence-corrected chi connectivity index (χ4v) is 1.95. The molecule has 0 aromatic carbocycles. The molecule has 6 nitrogen and oxygen atoms in total. The van der Waals surface area contributed by atoms with E-state index in [9.17, 15) is 9.59 Å². The van der Waals surface area contributed by atoms with E-state index in [2.05, 4.69) is 4.85 Å². The molecule has 0 radical (unpaired) electrons. The van der Waals surface area contributed by atoms with Crippen LogP contribution in [0.25, 0.3) is 4.85 Å². The van der Waals surface area contributed by atoms with Gasteiger partial charge in [-0.25, -0.2) is 16.2 Å². The molecule has 0 unspecified atom stereocenters. The summed E-state index contributed by atoms with van der Waals surface area (Å²) in [7, 11) is 0. The van der Waals surface area contributed by atoms with Gasteiger partial charge in [0.2, 0.25) is 6.04 Å². The van der Waals surface area contributed by atoms with Crippen LogP contribution in [-0.2, 0) is 14.3 Å². The standard InChI is InChI=1S/C13H20N2O4/c1-6-18-11(16)10-9(14-5)7-8-15(10)12(17)19-13(2,3)4/h9-10H,6-8H2,1-4H3/t9-,10-/m1/s1. The van der Waals surface area contributed by atoms with E-state index in [-0.39, 0.29) is 6.61 Å². The molecule has 0 spiro atoms. The molecular weight excluding hydrogens is 248 g/mol. The first-order valence-corrected chi connectivity index (χ1v) is 6.33. The topological polar surface area (TPSA) is 60.2 Å². The maximum atomic E-state index is 12.0. The molecule has 106 valence electrons. The highest BCUT2D eigenvalue weighted by Crippen LogP contribution is 2.24. The molecule has 1 aliphatic rings. The monoisotopic (exact) mass is 268 g/mol. The van der Waals surface area contributed by atoms with Crippen molar-refractivity contribution in [3.63, 3.8) is 0 Å². The third kappa shape index (κ3) is 3.85. The van der Waals surface area contributed by atoms with Crippen LogP contribution < -0.4 is 0 Å². The number of rotatable bonds is 2. The molecule has 0 N–H and O–H groups in total. The van der Waals surface area contributed by atoms with Crippen LogP contribution in [0.1, 0.15) is 34.1 Å². The van der Waals surface area contributed by atoms with Gasteiger partial charge in [0.1, 0.15) is 5.60 Å². The van der Waals surface area contributed by atoms with Gasteiger partial charge in [-0.2, -0.15) is 0 Å². The van der Waals surface area contributed by atoms with Crippen molar-refractivity contribution in [3.05, 3.63) is 11.4 Å². The molecule has 0 saturated carbocycles. The number of ether oxygens (including phenoxy) is 2. The summed E-state index contributed by atoms with van der Waals surface area (Å²) in [6.45, 7) is 14.6. The summed E-state index contributed by atoms with van der Waals surface area (Å²) in [5.74, 6) is -0.535. The quantitative estimate of drug-likeness (QED) is 0.566. The minimum atomic E-state index is -0.854. The lowest BCUT2D eigenvalue weighted by Gasteiger charge is -2.27. The number of esters is 1. The smallest absolute Gasteiger partial charge is 0.411 e. The molecule has 1 amide bonds. The minimum absolute atomic E-state index is 0.224. The molecule has 0 aromatic heterocycles.